The van der Waals surface area contributed by atoms with Gasteiger partial charge in [-0.1, -0.05) is 26.8 Å². The van der Waals surface area contributed by atoms with E-state index in [0.717, 1.165) is 39.4 Å². The summed E-state index contributed by atoms with van der Waals surface area (Å²) < 4.78 is 13.3. The molecule has 1 aliphatic heterocycles. The quantitative estimate of drug-likeness (QED) is 0.464. The average Bonchev–Trinajstić information content (AvgIpc) is 3.29. The second-order valence-electron chi connectivity index (χ2n) is 9.41. The summed E-state index contributed by atoms with van der Waals surface area (Å²) in [4.78, 5) is 25.4. The number of pyridine rings is 1. The predicted octanol–water partition coefficient (Wildman–Crippen LogP) is 5.50. The van der Waals surface area contributed by atoms with Crippen LogP contribution in [0.2, 0.25) is 0 Å². The molecule has 0 radical (unpaired) electrons. The first-order valence-corrected chi connectivity index (χ1v) is 11.9. The van der Waals surface area contributed by atoms with Crippen molar-refractivity contribution < 1.29 is 19.4 Å². The van der Waals surface area contributed by atoms with Crippen molar-refractivity contribution in [2.75, 3.05) is 20.3 Å². The maximum atomic E-state index is 12.7. The van der Waals surface area contributed by atoms with Crippen molar-refractivity contribution in [1.82, 2.24) is 4.57 Å². The second-order valence-corrected chi connectivity index (χ2v) is 10.4. The normalized spacial score (nSPS) is 15.1. The van der Waals surface area contributed by atoms with Crippen molar-refractivity contribution in [2.45, 2.75) is 39.7 Å². The molecule has 0 aliphatic carbocycles. The molecule has 0 unspecified atom stereocenters. The van der Waals surface area contributed by atoms with Crippen LogP contribution in [0.4, 0.5) is 0 Å². The van der Waals surface area contributed by atoms with Gasteiger partial charge < -0.3 is 19.1 Å². The molecule has 174 valence electrons. The van der Waals surface area contributed by atoms with E-state index >= 15 is 0 Å². The highest BCUT2D eigenvalue weighted by Gasteiger charge is 2.34. The lowest BCUT2D eigenvalue weighted by Gasteiger charge is -2.39. The first-order chi connectivity index (χ1) is 15.7. The van der Waals surface area contributed by atoms with Crippen LogP contribution in [0.25, 0.3) is 21.7 Å². The molecule has 3 aromatic rings. The number of ether oxygens (including phenoxy) is 2. The third-order valence-electron chi connectivity index (χ3n) is 6.08. The maximum absolute atomic E-state index is 12.7. The molecule has 0 fully saturated rings. The fraction of sp³-hybridized carbons (Fsp3) is 0.385. The molecule has 1 atom stereocenters. The highest BCUT2D eigenvalue weighted by atomic mass is 32.1. The minimum atomic E-state index is -1.20. The highest BCUT2D eigenvalue weighted by Crippen LogP contribution is 2.46. The van der Waals surface area contributed by atoms with Crippen LogP contribution < -0.4 is 10.2 Å². The Morgan fingerprint density at radius 3 is 2.64 bits per heavy atom. The zero-order valence-electron chi connectivity index (χ0n) is 19.4. The maximum Gasteiger partial charge on any atom is 0.341 e. The van der Waals surface area contributed by atoms with Gasteiger partial charge in [-0.25, -0.2) is 4.79 Å². The standard InChI is InChI=1S/C26H29NO5S/c1-26(2,3)24-12-16-11-22(32-9-6-8-31-4)18(23-7-5-10-33-23)13-17(16)20-14-21(28)19(25(29)30)15-27(20)24/h5,7,10-11,13-15,24H,6,8-9,12H2,1-4H3,(H,29,30)/t24-/m0/s1. The Kier molecular flexibility index (Phi) is 6.45. The summed E-state index contributed by atoms with van der Waals surface area (Å²) in [6, 6.07) is 9.69. The zero-order valence-corrected chi connectivity index (χ0v) is 20.2. The first kappa shape index (κ1) is 23.3. The molecule has 0 spiro atoms. The van der Waals surface area contributed by atoms with Gasteiger partial charge in [0.15, 0.2) is 5.43 Å². The smallest absolute Gasteiger partial charge is 0.341 e. The first-order valence-electron chi connectivity index (χ1n) is 11.0. The van der Waals surface area contributed by atoms with Crippen molar-refractivity contribution in [3.8, 4) is 27.4 Å². The molecule has 6 nitrogen and oxygen atoms in total. The van der Waals surface area contributed by atoms with E-state index in [-0.39, 0.29) is 17.0 Å². The van der Waals surface area contributed by atoms with Gasteiger partial charge in [-0.3, -0.25) is 4.79 Å². The van der Waals surface area contributed by atoms with Crippen molar-refractivity contribution in [1.29, 1.82) is 0 Å². The molecule has 0 saturated carbocycles. The van der Waals surface area contributed by atoms with E-state index in [1.165, 1.54) is 12.3 Å². The number of carboxylic acid groups (broad SMARTS) is 1. The van der Waals surface area contributed by atoms with E-state index in [2.05, 4.69) is 39.0 Å². The third kappa shape index (κ3) is 4.61. The van der Waals surface area contributed by atoms with E-state index in [4.69, 9.17) is 9.47 Å². The Labute approximate surface area is 197 Å². The minimum absolute atomic E-state index is 0.00682. The molecule has 7 heteroatoms. The Hall–Kier alpha value is -2.90. The summed E-state index contributed by atoms with van der Waals surface area (Å²) in [6.45, 7) is 7.58. The lowest BCUT2D eigenvalue weighted by atomic mass is 9.78. The summed E-state index contributed by atoms with van der Waals surface area (Å²) in [5, 5.41) is 11.6. The van der Waals surface area contributed by atoms with E-state index in [0.29, 0.717) is 19.6 Å². The SMILES string of the molecule is COCCCOc1cc2c(cc1-c1cccs1)-c1cc(=O)c(C(=O)O)cn1[C@H](C(C)(C)C)C2. The number of rotatable bonds is 7. The van der Waals surface area contributed by atoms with E-state index in [1.54, 1.807) is 18.4 Å². The van der Waals surface area contributed by atoms with Crippen LogP contribution in [0.1, 0.15) is 49.2 Å². The van der Waals surface area contributed by atoms with Crippen LogP contribution in [0.15, 0.2) is 46.7 Å². The van der Waals surface area contributed by atoms with Crippen LogP contribution in [0.3, 0.4) is 0 Å². The predicted molar refractivity (Wildman–Crippen MR) is 131 cm³/mol. The number of hydrogen-bond donors (Lipinski definition) is 1. The van der Waals surface area contributed by atoms with Crippen molar-refractivity contribution in [2.24, 2.45) is 5.41 Å². The van der Waals surface area contributed by atoms with Gasteiger partial charge in [0.05, 0.1) is 12.3 Å². The van der Waals surface area contributed by atoms with Gasteiger partial charge in [-0.05, 0) is 41.0 Å². The zero-order chi connectivity index (χ0) is 23.8. The minimum Gasteiger partial charge on any atom is -0.493 e. The largest absolute Gasteiger partial charge is 0.493 e. The van der Waals surface area contributed by atoms with Crippen LogP contribution in [0.5, 0.6) is 5.75 Å². The van der Waals surface area contributed by atoms with Gasteiger partial charge in [-0.2, -0.15) is 0 Å². The van der Waals surface area contributed by atoms with Crippen LogP contribution in [-0.4, -0.2) is 36.0 Å². The highest BCUT2D eigenvalue weighted by molar-refractivity contribution is 7.13. The fourth-order valence-electron chi connectivity index (χ4n) is 4.37. The molecule has 33 heavy (non-hydrogen) atoms. The molecule has 2 aromatic heterocycles. The van der Waals surface area contributed by atoms with Gasteiger partial charge in [0.25, 0.3) is 0 Å². The molecule has 0 saturated heterocycles. The van der Waals surface area contributed by atoms with Crippen molar-refractivity contribution in [3.05, 3.63) is 63.3 Å². The molecule has 4 rings (SSSR count). The fourth-order valence-corrected chi connectivity index (χ4v) is 5.12. The van der Waals surface area contributed by atoms with Gasteiger partial charge in [-0.15, -0.1) is 11.3 Å². The van der Waals surface area contributed by atoms with Crippen LogP contribution in [0, 0.1) is 5.41 Å². The molecular weight excluding hydrogens is 438 g/mol. The van der Waals surface area contributed by atoms with Crippen molar-refractivity contribution >= 4 is 17.3 Å². The Balaban J connectivity index is 1.90. The number of methoxy groups -OCH3 is 1. The molecule has 1 aromatic carbocycles. The Bertz CT molecular complexity index is 1220. The lowest BCUT2D eigenvalue weighted by Crippen LogP contribution is -2.32. The van der Waals surface area contributed by atoms with Gasteiger partial charge >= 0.3 is 5.97 Å². The Morgan fingerprint density at radius 1 is 1.21 bits per heavy atom. The third-order valence-corrected chi connectivity index (χ3v) is 6.98. The molecule has 1 N–H and O–H groups in total. The number of nitrogens with zero attached hydrogens (tertiary/aromatic N) is 1. The monoisotopic (exact) mass is 467 g/mol. The van der Waals surface area contributed by atoms with E-state index in [1.807, 2.05) is 16.0 Å². The van der Waals surface area contributed by atoms with E-state index < -0.39 is 11.4 Å². The average molecular weight is 468 g/mol. The molecule has 0 bridgehead atoms. The Morgan fingerprint density at radius 2 is 2.00 bits per heavy atom. The summed E-state index contributed by atoms with van der Waals surface area (Å²) in [5.74, 6) is -0.384. The number of aromatic carboxylic acids is 1. The summed E-state index contributed by atoms with van der Waals surface area (Å²) in [6.07, 6.45) is 3.02. The molecule has 0 amide bonds. The topological polar surface area (TPSA) is 77.8 Å². The molecule has 3 heterocycles. The van der Waals surface area contributed by atoms with Gasteiger partial charge in [0, 0.05) is 54.4 Å². The molecular formula is C26H29NO5S. The van der Waals surface area contributed by atoms with Crippen molar-refractivity contribution in [3.63, 3.8) is 0 Å². The number of carbonyl (C=O) groups is 1. The van der Waals surface area contributed by atoms with Gasteiger partial charge in [0.2, 0.25) is 0 Å². The summed E-state index contributed by atoms with van der Waals surface area (Å²) >= 11 is 1.63. The molecule has 1 aliphatic rings. The second kappa shape index (κ2) is 9.15. The number of benzene rings is 1. The number of hydrogen-bond acceptors (Lipinski definition) is 5. The number of fused-ring (bicyclic) bond motifs is 3. The number of thiophene rings is 1. The summed E-state index contributed by atoms with van der Waals surface area (Å²) in [7, 11) is 1.68. The number of aromatic nitrogens is 1. The summed E-state index contributed by atoms with van der Waals surface area (Å²) in [5.41, 5.74) is 2.92. The lowest BCUT2D eigenvalue weighted by molar-refractivity contribution is 0.0693. The van der Waals surface area contributed by atoms with Gasteiger partial charge in [0.1, 0.15) is 11.3 Å². The van der Waals surface area contributed by atoms with Crippen LogP contribution >= 0.6 is 11.3 Å². The van der Waals surface area contributed by atoms with E-state index in [9.17, 15) is 14.7 Å². The number of carboxylic acids is 1. The van der Waals surface area contributed by atoms with Crippen LogP contribution in [-0.2, 0) is 11.2 Å².